The number of hydrogen-bond acceptors (Lipinski definition) is 7. The molecule has 4 aromatic rings. The van der Waals surface area contributed by atoms with Crippen LogP contribution in [0.25, 0.3) is 11.2 Å². The predicted octanol–water partition coefficient (Wildman–Crippen LogP) is 3.63. The zero-order valence-corrected chi connectivity index (χ0v) is 17.5. The van der Waals surface area contributed by atoms with Crippen LogP contribution in [-0.2, 0) is 13.2 Å². The first kappa shape index (κ1) is 19.1. The van der Waals surface area contributed by atoms with Crippen molar-refractivity contribution in [2.24, 2.45) is 0 Å². The third kappa shape index (κ3) is 4.00. The van der Waals surface area contributed by atoms with Crippen molar-refractivity contribution in [1.82, 2.24) is 24.5 Å². The van der Waals surface area contributed by atoms with Crippen LogP contribution < -0.4 is 14.2 Å². The SMILES string of the molecule is COc1cc(Br)c(Cn2cnc3ncnc(OCc4cccnc4)c32)cc1OC. The van der Waals surface area contributed by atoms with Gasteiger partial charge in [-0.3, -0.25) is 4.98 Å². The van der Waals surface area contributed by atoms with Crippen LogP contribution in [0.15, 0.2) is 53.8 Å². The van der Waals surface area contributed by atoms with Gasteiger partial charge in [-0.05, 0) is 23.8 Å². The lowest BCUT2D eigenvalue weighted by Crippen LogP contribution is -2.04. The van der Waals surface area contributed by atoms with Crippen molar-refractivity contribution in [3.05, 3.63) is 64.9 Å². The molecule has 0 radical (unpaired) electrons. The molecule has 0 fully saturated rings. The molecular formula is C20H18BrN5O3. The first-order chi connectivity index (χ1) is 14.2. The predicted molar refractivity (Wildman–Crippen MR) is 110 cm³/mol. The van der Waals surface area contributed by atoms with E-state index in [9.17, 15) is 0 Å². The van der Waals surface area contributed by atoms with E-state index in [0.29, 0.717) is 36.2 Å². The Morgan fingerprint density at radius 3 is 2.66 bits per heavy atom. The van der Waals surface area contributed by atoms with E-state index in [-0.39, 0.29) is 0 Å². The minimum absolute atomic E-state index is 0.352. The molecule has 0 amide bonds. The van der Waals surface area contributed by atoms with Crippen LogP contribution in [0.4, 0.5) is 0 Å². The van der Waals surface area contributed by atoms with Gasteiger partial charge in [-0.1, -0.05) is 22.0 Å². The number of halogens is 1. The summed E-state index contributed by atoms with van der Waals surface area (Å²) in [6, 6.07) is 7.62. The quantitative estimate of drug-likeness (QED) is 0.420. The van der Waals surface area contributed by atoms with Crippen LogP contribution in [0.2, 0.25) is 0 Å². The molecule has 0 saturated heterocycles. The molecule has 3 aromatic heterocycles. The molecule has 0 N–H and O–H groups in total. The molecular weight excluding hydrogens is 438 g/mol. The average Bonchev–Trinajstić information content (AvgIpc) is 3.17. The number of methoxy groups -OCH3 is 2. The van der Waals surface area contributed by atoms with E-state index in [2.05, 4.69) is 35.9 Å². The summed E-state index contributed by atoms with van der Waals surface area (Å²) in [6.45, 7) is 0.874. The first-order valence-corrected chi connectivity index (χ1v) is 9.57. The Kier molecular flexibility index (Phi) is 5.57. The second kappa shape index (κ2) is 8.44. The number of imidazole rings is 1. The van der Waals surface area contributed by atoms with Gasteiger partial charge in [0.05, 0.1) is 27.1 Å². The highest BCUT2D eigenvalue weighted by atomic mass is 79.9. The van der Waals surface area contributed by atoms with E-state index < -0.39 is 0 Å². The van der Waals surface area contributed by atoms with Gasteiger partial charge in [0.2, 0.25) is 5.88 Å². The highest BCUT2D eigenvalue weighted by molar-refractivity contribution is 9.10. The van der Waals surface area contributed by atoms with Crippen LogP contribution >= 0.6 is 15.9 Å². The van der Waals surface area contributed by atoms with Crippen LogP contribution in [0.3, 0.4) is 0 Å². The van der Waals surface area contributed by atoms with E-state index in [1.165, 1.54) is 6.33 Å². The fraction of sp³-hybridized carbons (Fsp3) is 0.200. The van der Waals surface area contributed by atoms with Gasteiger partial charge in [-0.25, -0.2) is 9.97 Å². The molecule has 9 heteroatoms. The summed E-state index contributed by atoms with van der Waals surface area (Å²) in [6.07, 6.45) is 6.66. The smallest absolute Gasteiger partial charge is 0.243 e. The maximum Gasteiger partial charge on any atom is 0.243 e. The Morgan fingerprint density at radius 1 is 1.07 bits per heavy atom. The summed E-state index contributed by atoms with van der Waals surface area (Å²) < 4.78 is 19.6. The summed E-state index contributed by atoms with van der Waals surface area (Å²) in [7, 11) is 3.22. The van der Waals surface area contributed by atoms with Crippen molar-refractivity contribution in [3.8, 4) is 17.4 Å². The molecule has 0 atom stereocenters. The van der Waals surface area contributed by atoms with Gasteiger partial charge in [-0.15, -0.1) is 0 Å². The van der Waals surface area contributed by atoms with Gasteiger partial charge in [0.1, 0.15) is 12.9 Å². The Morgan fingerprint density at radius 2 is 1.90 bits per heavy atom. The second-order valence-corrected chi connectivity index (χ2v) is 7.03. The largest absolute Gasteiger partial charge is 0.493 e. The summed E-state index contributed by atoms with van der Waals surface area (Å²) >= 11 is 3.60. The number of pyridine rings is 1. The maximum absolute atomic E-state index is 5.95. The topological polar surface area (TPSA) is 84.2 Å². The lowest BCUT2D eigenvalue weighted by Gasteiger charge is -2.13. The lowest BCUT2D eigenvalue weighted by molar-refractivity contribution is 0.296. The molecule has 0 spiro atoms. The standard InChI is InChI=1S/C20H18BrN5O3/c1-27-16-6-14(15(21)7-17(16)28-2)9-26-12-25-19-18(26)20(24-11-23-19)29-10-13-4-3-5-22-8-13/h3-8,11-12H,9-10H2,1-2H3. The second-order valence-electron chi connectivity index (χ2n) is 6.17. The van der Waals surface area contributed by atoms with Gasteiger partial charge in [-0.2, -0.15) is 4.98 Å². The molecule has 0 aliphatic carbocycles. The summed E-state index contributed by atoms with van der Waals surface area (Å²) in [5.74, 6) is 1.77. The van der Waals surface area contributed by atoms with Crippen molar-refractivity contribution in [2.75, 3.05) is 14.2 Å². The molecule has 8 nitrogen and oxygen atoms in total. The minimum Gasteiger partial charge on any atom is -0.493 e. The molecule has 0 aliphatic rings. The van der Waals surface area contributed by atoms with Gasteiger partial charge in [0.15, 0.2) is 22.7 Å². The molecule has 148 valence electrons. The minimum atomic E-state index is 0.352. The van der Waals surface area contributed by atoms with Gasteiger partial charge in [0.25, 0.3) is 0 Å². The molecule has 1 aromatic carbocycles. The van der Waals surface area contributed by atoms with Crippen molar-refractivity contribution in [2.45, 2.75) is 13.2 Å². The van der Waals surface area contributed by atoms with E-state index in [1.54, 1.807) is 32.9 Å². The summed E-state index contributed by atoms with van der Waals surface area (Å²) in [4.78, 5) is 17.0. The van der Waals surface area contributed by atoms with Crippen LogP contribution in [-0.4, -0.2) is 38.7 Å². The Labute approximate surface area is 175 Å². The first-order valence-electron chi connectivity index (χ1n) is 8.77. The molecule has 0 bridgehead atoms. The normalized spacial score (nSPS) is 10.9. The third-order valence-corrected chi connectivity index (χ3v) is 5.11. The van der Waals surface area contributed by atoms with Crippen LogP contribution in [0, 0.1) is 0 Å². The van der Waals surface area contributed by atoms with E-state index in [4.69, 9.17) is 14.2 Å². The number of aromatic nitrogens is 5. The molecule has 0 aliphatic heterocycles. The Bertz CT molecular complexity index is 1130. The Balaban J connectivity index is 1.67. The molecule has 0 unspecified atom stereocenters. The summed E-state index contributed by atoms with van der Waals surface area (Å²) in [5, 5.41) is 0. The number of nitrogens with zero attached hydrogens (tertiary/aromatic N) is 5. The van der Waals surface area contributed by atoms with Gasteiger partial charge >= 0.3 is 0 Å². The average molecular weight is 456 g/mol. The van der Waals surface area contributed by atoms with Gasteiger partial charge in [0, 0.05) is 22.4 Å². The van der Waals surface area contributed by atoms with Gasteiger partial charge < -0.3 is 18.8 Å². The number of hydrogen-bond donors (Lipinski definition) is 0. The molecule has 0 saturated carbocycles. The lowest BCUT2D eigenvalue weighted by atomic mass is 10.2. The van der Waals surface area contributed by atoms with E-state index in [0.717, 1.165) is 21.1 Å². The van der Waals surface area contributed by atoms with Crippen LogP contribution in [0.5, 0.6) is 17.4 Å². The maximum atomic E-state index is 5.95. The third-order valence-electron chi connectivity index (χ3n) is 4.37. The zero-order valence-electron chi connectivity index (χ0n) is 15.9. The number of ether oxygens (including phenoxy) is 3. The molecule has 29 heavy (non-hydrogen) atoms. The van der Waals surface area contributed by atoms with Crippen molar-refractivity contribution in [1.29, 1.82) is 0 Å². The summed E-state index contributed by atoms with van der Waals surface area (Å²) in [5.41, 5.74) is 3.23. The van der Waals surface area contributed by atoms with Crippen LogP contribution in [0.1, 0.15) is 11.1 Å². The zero-order chi connectivity index (χ0) is 20.2. The highest BCUT2D eigenvalue weighted by Gasteiger charge is 2.15. The van der Waals surface area contributed by atoms with E-state index >= 15 is 0 Å². The molecule has 4 rings (SSSR count). The van der Waals surface area contributed by atoms with Crippen molar-refractivity contribution >= 4 is 27.1 Å². The fourth-order valence-electron chi connectivity index (χ4n) is 2.94. The number of benzene rings is 1. The fourth-order valence-corrected chi connectivity index (χ4v) is 3.39. The Hall–Kier alpha value is -3.20. The number of rotatable bonds is 7. The highest BCUT2D eigenvalue weighted by Crippen LogP contribution is 2.34. The number of fused-ring (bicyclic) bond motifs is 1. The molecule has 3 heterocycles. The van der Waals surface area contributed by atoms with Crippen molar-refractivity contribution < 1.29 is 14.2 Å². The van der Waals surface area contributed by atoms with E-state index in [1.807, 2.05) is 28.8 Å². The van der Waals surface area contributed by atoms with Crippen molar-refractivity contribution in [3.63, 3.8) is 0 Å². The monoisotopic (exact) mass is 455 g/mol.